The number of nitrogens with zero attached hydrogens (tertiary/aromatic N) is 5. The number of carbonyl (C=O) groups is 1. The Bertz CT molecular complexity index is 1010. The van der Waals surface area contributed by atoms with E-state index in [2.05, 4.69) is 22.1 Å². The van der Waals surface area contributed by atoms with Crippen LogP contribution in [-0.4, -0.2) is 70.2 Å². The Morgan fingerprint density at radius 2 is 1.69 bits per heavy atom. The van der Waals surface area contributed by atoms with Crippen LogP contribution in [0.25, 0.3) is 0 Å². The first-order valence-electron chi connectivity index (χ1n) is 11.0. The standard InChI is InChI=1S/C25H30FN5O/c1-28(16-22-15-27-31(18-22)17-21-7-3-2-4-8-21)20-25(32)30-13-11-29(12-14-30)19-23-9-5-6-10-24(23)26/h2-10,15,18H,11-14,16-17,19-20H2,1H3. The fourth-order valence-electron chi connectivity index (χ4n) is 4.07. The van der Waals surface area contributed by atoms with Crippen LogP contribution in [0.1, 0.15) is 16.7 Å². The van der Waals surface area contributed by atoms with Crippen LogP contribution in [0, 0.1) is 5.82 Å². The SMILES string of the molecule is CN(CC(=O)N1CCN(Cc2ccccc2F)CC1)Cc1cnn(Cc2ccccc2)c1. The number of hydrogen-bond acceptors (Lipinski definition) is 4. The highest BCUT2D eigenvalue weighted by Gasteiger charge is 2.22. The van der Waals surface area contributed by atoms with Crippen molar-refractivity contribution in [2.24, 2.45) is 0 Å². The molecule has 0 aliphatic carbocycles. The average molecular weight is 436 g/mol. The quantitative estimate of drug-likeness (QED) is 0.546. The lowest BCUT2D eigenvalue weighted by Crippen LogP contribution is -2.50. The third kappa shape index (κ3) is 6.02. The number of carbonyl (C=O) groups excluding carboxylic acids is 1. The van der Waals surface area contributed by atoms with Gasteiger partial charge >= 0.3 is 0 Å². The molecule has 0 spiro atoms. The average Bonchev–Trinajstić information content (AvgIpc) is 3.23. The zero-order chi connectivity index (χ0) is 22.3. The summed E-state index contributed by atoms with van der Waals surface area (Å²) in [5.41, 5.74) is 3.01. The topological polar surface area (TPSA) is 44.6 Å². The number of piperazine rings is 1. The smallest absolute Gasteiger partial charge is 0.236 e. The van der Waals surface area contributed by atoms with Gasteiger partial charge in [-0.1, -0.05) is 48.5 Å². The lowest BCUT2D eigenvalue weighted by molar-refractivity contribution is -0.134. The Balaban J connectivity index is 1.21. The van der Waals surface area contributed by atoms with Crippen LogP contribution in [0.2, 0.25) is 0 Å². The highest BCUT2D eigenvalue weighted by atomic mass is 19.1. The molecule has 32 heavy (non-hydrogen) atoms. The molecule has 7 heteroatoms. The molecule has 1 fully saturated rings. The molecule has 6 nitrogen and oxygen atoms in total. The minimum atomic E-state index is -0.167. The maximum absolute atomic E-state index is 13.9. The first kappa shape index (κ1) is 22.2. The van der Waals surface area contributed by atoms with E-state index in [1.807, 2.05) is 64.3 Å². The number of rotatable bonds is 8. The maximum atomic E-state index is 13.9. The van der Waals surface area contributed by atoms with Gasteiger partial charge in [0.1, 0.15) is 5.82 Å². The highest BCUT2D eigenvalue weighted by molar-refractivity contribution is 5.78. The Labute approximate surface area is 188 Å². The summed E-state index contributed by atoms with van der Waals surface area (Å²) < 4.78 is 15.8. The molecule has 1 amide bonds. The van der Waals surface area contributed by atoms with E-state index in [9.17, 15) is 9.18 Å². The first-order chi connectivity index (χ1) is 15.6. The predicted octanol–water partition coefficient (Wildman–Crippen LogP) is 2.85. The molecule has 4 rings (SSSR count). The number of likely N-dealkylation sites (N-methyl/N-ethyl adjacent to an activating group) is 1. The summed E-state index contributed by atoms with van der Waals surface area (Å²) in [6.45, 7) is 5.24. The van der Waals surface area contributed by atoms with Crippen molar-refractivity contribution in [3.05, 3.63) is 89.5 Å². The van der Waals surface area contributed by atoms with E-state index in [0.717, 1.165) is 25.2 Å². The second kappa shape index (κ2) is 10.5. The molecule has 0 unspecified atom stereocenters. The number of hydrogen-bond donors (Lipinski definition) is 0. The summed E-state index contributed by atoms with van der Waals surface area (Å²) in [6.07, 6.45) is 3.90. The van der Waals surface area contributed by atoms with Gasteiger partial charge in [0.2, 0.25) is 5.91 Å². The lowest BCUT2D eigenvalue weighted by atomic mass is 10.2. The van der Waals surface area contributed by atoms with Gasteiger partial charge in [0, 0.05) is 56.6 Å². The third-order valence-corrected chi connectivity index (χ3v) is 5.81. The van der Waals surface area contributed by atoms with E-state index in [4.69, 9.17) is 0 Å². The van der Waals surface area contributed by atoms with Crippen molar-refractivity contribution >= 4 is 5.91 Å². The van der Waals surface area contributed by atoms with Gasteiger partial charge in [-0.2, -0.15) is 5.10 Å². The van der Waals surface area contributed by atoms with E-state index in [-0.39, 0.29) is 11.7 Å². The molecule has 1 aliphatic heterocycles. The van der Waals surface area contributed by atoms with Crippen LogP contribution in [-0.2, 0) is 24.4 Å². The van der Waals surface area contributed by atoms with E-state index in [0.29, 0.717) is 38.3 Å². The monoisotopic (exact) mass is 435 g/mol. The zero-order valence-corrected chi connectivity index (χ0v) is 18.5. The minimum Gasteiger partial charge on any atom is -0.339 e. The molecular weight excluding hydrogens is 405 g/mol. The second-order valence-corrected chi connectivity index (χ2v) is 8.45. The zero-order valence-electron chi connectivity index (χ0n) is 18.5. The molecule has 2 aromatic carbocycles. The molecule has 0 bridgehead atoms. The molecule has 0 radical (unpaired) electrons. The predicted molar refractivity (Wildman–Crippen MR) is 122 cm³/mol. The van der Waals surface area contributed by atoms with Gasteiger partial charge in [-0.3, -0.25) is 19.3 Å². The van der Waals surface area contributed by atoms with Crippen LogP contribution in [0.15, 0.2) is 67.0 Å². The van der Waals surface area contributed by atoms with Gasteiger partial charge < -0.3 is 4.90 Å². The fourth-order valence-corrected chi connectivity index (χ4v) is 4.07. The molecule has 0 atom stereocenters. The summed E-state index contributed by atoms with van der Waals surface area (Å²) in [4.78, 5) is 18.9. The van der Waals surface area contributed by atoms with E-state index in [1.54, 1.807) is 6.07 Å². The van der Waals surface area contributed by atoms with Gasteiger partial charge in [-0.05, 0) is 18.7 Å². The van der Waals surface area contributed by atoms with Gasteiger partial charge in [0.05, 0.1) is 19.3 Å². The molecule has 168 valence electrons. The van der Waals surface area contributed by atoms with Crippen molar-refractivity contribution < 1.29 is 9.18 Å². The van der Waals surface area contributed by atoms with Crippen LogP contribution in [0.3, 0.4) is 0 Å². The van der Waals surface area contributed by atoms with Crippen molar-refractivity contribution in [3.63, 3.8) is 0 Å². The first-order valence-corrected chi connectivity index (χ1v) is 11.0. The number of halogens is 1. The Morgan fingerprint density at radius 1 is 0.969 bits per heavy atom. The normalized spacial score (nSPS) is 14.8. The van der Waals surface area contributed by atoms with Crippen molar-refractivity contribution in [1.82, 2.24) is 24.5 Å². The molecule has 2 heterocycles. The van der Waals surface area contributed by atoms with Crippen LogP contribution in [0.4, 0.5) is 4.39 Å². The van der Waals surface area contributed by atoms with Gasteiger partial charge in [-0.15, -0.1) is 0 Å². The van der Waals surface area contributed by atoms with Gasteiger partial charge in [0.25, 0.3) is 0 Å². The molecular formula is C25H30FN5O. The van der Waals surface area contributed by atoms with Crippen LogP contribution < -0.4 is 0 Å². The molecule has 1 aromatic heterocycles. The molecule has 0 saturated carbocycles. The van der Waals surface area contributed by atoms with Crippen LogP contribution >= 0.6 is 0 Å². The molecule has 1 aliphatic rings. The minimum absolute atomic E-state index is 0.134. The van der Waals surface area contributed by atoms with E-state index in [1.165, 1.54) is 11.6 Å². The summed E-state index contributed by atoms with van der Waals surface area (Å²) in [5, 5.41) is 4.44. The summed E-state index contributed by atoms with van der Waals surface area (Å²) >= 11 is 0. The number of aromatic nitrogens is 2. The summed E-state index contributed by atoms with van der Waals surface area (Å²) in [6, 6.07) is 17.1. The van der Waals surface area contributed by atoms with Crippen molar-refractivity contribution in [3.8, 4) is 0 Å². The largest absolute Gasteiger partial charge is 0.339 e. The third-order valence-electron chi connectivity index (χ3n) is 5.81. The van der Waals surface area contributed by atoms with Crippen LogP contribution in [0.5, 0.6) is 0 Å². The van der Waals surface area contributed by atoms with E-state index < -0.39 is 0 Å². The van der Waals surface area contributed by atoms with Crippen molar-refractivity contribution in [2.75, 3.05) is 39.8 Å². The Morgan fingerprint density at radius 3 is 2.44 bits per heavy atom. The van der Waals surface area contributed by atoms with Gasteiger partial charge in [-0.25, -0.2) is 4.39 Å². The highest BCUT2D eigenvalue weighted by Crippen LogP contribution is 2.13. The number of amides is 1. The number of benzene rings is 2. The Kier molecular flexibility index (Phi) is 7.29. The molecule has 0 N–H and O–H groups in total. The van der Waals surface area contributed by atoms with Crippen molar-refractivity contribution in [2.45, 2.75) is 19.6 Å². The fraction of sp³-hybridized carbons (Fsp3) is 0.360. The van der Waals surface area contributed by atoms with Crippen molar-refractivity contribution in [1.29, 1.82) is 0 Å². The second-order valence-electron chi connectivity index (χ2n) is 8.45. The summed E-state index contributed by atoms with van der Waals surface area (Å²) in [5.74, 6) is -0.0329. The maximum Gasteiger partial charge on any atom is 0.236 e. The molecule has 3 aromatic rings. The lowest BCUT2D eigenvalue weighted by Gasteiger charge is -2.35. The molecule has 1 saturated heterocycles. The Hall–Kier alpha value is -3.03. The van der Waals surface area contributed by atoms with Gasteiger partial charge in [0.15, 0.2) is 0 Å². The van der Waals surface area contributed by atoms with E-state index >= 15 is 0 Å². The summed E-state index contributed by atoms with van der Waals surface area (Å²) in [7, 11) is 1.96.